The van der Waals surface area contributed by atoms with E-state index in [1.807, 2.05) is 18.2 Å². The second-order valence-corrected chi connectivity index (χ2v) is 6.70. The molecule has 0 bridgehead atoms. The Morgan fingerprint density at radius 2 is 1.64 bits per heavy atom. The van der Waals surface area contributed by atoms with Gasteiger partial charge in [-0.2, -0.15) is 0 Å². The lowest BCUT2D eigenvalue weighted by Crippen LogP contribution is -1.99. The minimum Gasteiger partial charge on any atom is -0.255 e. The van der Waals surface area contributed by atoms with Crippen LogP contribution in [0.3, 0.4) is 0 Å². The molecule has 5 heteroatoms. The number of aromatic nitrogens is 1. The molecule has 22 heavy (non-hydrogen) atoms. The van der Waals surface area contributed by atoms with E-state index in [-0.39, 0.29) is 0 Å². The average molecular weight is 354 g/mol. The number of rotatable bonds is 5. The summed E-state index contributed by atoms with van der Waals surface area (Å²) in [6.45, 7) is 0. The third-order valence-corrected chi connectivity index (χ3v) is 4.32. The molecular weight excluding hydrogens is 339 g/mol. The van der Waals surface area contributed by atoms with E-state index < -0.39 is 0 Å². The molecule has 0 saturated carbocycles. The molecule has 2 aromatic rings. The summed E-state index contributed by atoms with van der Waals surface area (Å²) >= 11 is 17.9. The summed E-state index contributed by atoms with van der Waals surface area (Å²) in [6.07, 6.45) is 4.96. The Kier molecular flexibility index (Phi) is 5.02. The third-order valence-electron chi connectivity index (χ3n) is 3.67. The molecule has 0 unspecified atom stereocenters. The monoisotopic (exact) mass is 352 g/mol. The molecule has 0 radical (unpaired) electrons. The molecule has 1 aliphatic heterocycles. The minimum atomic E-state index is 0.535. The van der Waals surface area contributed by atoms with Crippen LogP contribution in [-0.2, 0) is 12.8 Å². The van der Waals surface area contributed by atoms with Gasteiger partial charge in [0.25, 0.3) is 0 Å². The zero-order valence-corrected chi connectivity index (χ0v) is 14.2. The fourth-order valence-corrected chi connectivity index (χ4v) is 3.40. The van der Waals surface area contributed by atoms with Gasteiger partial charge in [0.05, 0.1) is 11.4 Å². The van der Waals surface area contributed by atoms with Crippen LogP contribution < -0.4 is 0 Å². The maximum atomic E-state index is 6.01. The van der Waals surface area contributed by atoms with Crippen molar-refractivity contribution in [3.63, 3.8) is 0 Å². The van der Waals surface area contributed by atoms with Crippen molar-refractivity contribution in [2.75, 3.05) is 0 Å². The van der Waals surface area contributed by atoms with Crippen LogP contribution in [0.2, 0.25) is 15.2 Å². The second-order valence-electron chi connectivity index (χ2n) is 5.44. The molecule has 0 N–H and O–H groups in total. The van der Waals surface area contributed by atoms with Gasteiger partial charge in [0.2, 0.25) is 0 Å². The van der Waals surface area contributed by atoms with Crippen LogP contribution in [0, 0.1) is 0 Å². The van der Waals surface area contributed by atoms with Crippen LogP contribution in [0.15, 0.2) is 35.3 Å². The molecule has 2 heterocycles. The number of pyridine rings is 1. The van der Waals surface area contributed by atoms with Gasteiger partial charge in [-0.15, -0.1) is 0 Å². The first-order valence-electron chi connectivity index (χ1n) is 7.27. The van der Waals surface area contributed by atoms with Gasteiger partial charge in [0.1, 0.15) is 5.15 Å². The number of aliphatic imine (C=N–C) groups is 1. The molecule has 0 atom stereocenters. The van der Waals surface area contributed by atoms with Crippen molar-refractivity contribution < 1.29 is 0 Å². The number of halogens is 3. The summed E-state index contributed by atoms with van der Waals surface area (Å²) in [5.74, 6) is 0. The van der Waals surface area contributed by atoms with Crippen LogP contribution in [0.1, 0.15) is 30.5 Å². The van der Waals surface area contributed by atoms with Crippen molar-refractivity contribution in [2.24, 2.45) is 4.99 Å². The molecule has 2 nitrogen and oxygen atoms in total. The Bertz CT molecular complexity index is 706. The third kappa shape index (κ3) is 4.01. The van der Waals surface area contributed by atoms with Crippen LogP contribution in [-0.4, -0.2) is 10.7 Å². The van der Waals surface area contributed by atoms with Crippen LogP contribution in [0.5, 0.6) is 0 Å². The summed E-state index contributed by atoms with van der Waals surface area (Å²) in [6, 6.07) is 9.43. The van der Waals surface area contributed by atoms with Gasteiger partial charge in [-0.05, 0) is 61.6 Å². The van der Waals surface area contributed by atoms with Crippen LogP contribution in [0.4, 0.5) is 5.69 Å². The van der Waals surface area contributed by atoms with Gasteiger partial charge in [0, 0.05) is 22.2 Å². The van der Waals surface area contributed by atoms with E-state index in [1.54, 1.807) is 12.1 Å². The molecule has 0 saturated heterocycles. The molecule has 1 aromatic heterocycles. The Labute approximate surface area is 145 Å². The number of hydrogen-bond acceptors (Lipinski definition) is 2. The van der Waals surface area contributed by atoms with Crippen LogP contribution in [0.25, 0.3) is 0 Å². The molecule has 0 spiro atoms. The molecule has 1 aliphatic rings. The highest BCUT2D eigenvalue weighted by Crippen LogP contribution is 2.28. The quantitative estimate of drug-likeness (QED) is 0.472. The number of hydrogen-bond donors (Lipinski definition) is 0. The van der Waals surface area contributed by atoms with Gasteiger partial charge in [-0.1, -0.05) is 34.8 Å². The largest absolute Gasteiger partial charge is 0.255 e. The number of benzene rings is 1. The van der Waals surface area contributed by atoms with E-state index in [4.69, 9.17) is 34.8 Å². The smallest absolute Gasteiger partial charge is 0.129 e. The van der Waals surface area contributed by atoms with Gasteiger partial charge < -0.3 is 0 Å². The van der Waals surface area contributed by atoms with E-state index in [2.05, 4.69) is 9.98 Å². The van der Waals surface area contributed by atoms with Gasteiger partial charge in [-0.3, -0.25) is 4.99 Å². The van der Waals surface area contributed by atoms with Gasteiger partial charge >= 0.3 is 0 Å². The normalized spacial score (nSPS) is 13.1. The van der Waals surface area contributed by atoms with Crippen molar-refractivity contribution in [1.29, 1.82) is 0 Å². The highest BCUT2D eigenvalue weighted by Gasteiger charge is 2.15. The van der Waals surface area contributed by atoms with E-state index in [9.17, 15) is 0 Å². The van der Waals surface area contributed by atoms with E-state index >= 15 is 0 Å². The summed E-state index contributed by atoms with van der Waals surface area (Å²) < 4.78 is 0. The van der Waals surface area contributed by atoms with Crippen LogP contribution >= 0.6 is 34.8 Å². The maximum absolute atomic E-state index is 6.01. The summed E-state index contributed by atoms with van der Waals surface area (Å²) in [5.41, 5.74) is 4.32. The minimum absolute atomic E-state index is 0.535. The average Bonchev–Trinajstić information content (AvgIpc) is 2.84. The Hall–Kier alpha value is -1.09. The number of fused-ring (bicyclic) bond motifs is 1. The highest BCUT2D eigenvalue weighted by molar-refractivity contribution is 6.34. The van der Waals surface area contributed by atoms with Crippen molar-refractivity contribution in [2.45, 2.75) is 32.1 Å². The lowest BCUT2D eigenvalue weighted by Gasteiger charge is -2.04. The molecule has 0 amide bonds. The molecule has 1 aromatic carbocycles. The summed E-state index contributed by atoms with van der Waals surface area (Å²) in [5, 5.41) is 1.93. The zero-order valence-electron chi connectivity index (χ0n) is 12.0. The predicted molar refractivity (Wildman–Crippen MR) is 94.1 cm³/mol. The van der Waals surface area contributed by atoms with Crippen molar-refractivity contribution in [1.82, 2.24) is 4.98 Å². The number of aryl methyl sites for hydroxylation is 1. The fraction of sp³-hybridized carbons (Fsp3) is 0.294. The first-order chi connectivity index (χ1) is 10.6. The lowest BCUT2D eigenvalue weighted by molar-refractivity contribution is 0.759. The first-order valence-corrected chi connectivity index (χ1v) is 8.40. The lowest BCUT2D eigenvalue weighted by atomic mass is 10.0. The standard InChI is InChI=1S/C17H15Cl3N2/c18-12-7-11(8-13(19)9-12)3-1-2-4-14-10-16-15(21-14)5-6-17(20)22-16/h5-9H,1-4,10H2. The molecule has 3 rings (SSSR count). The Balaban J connectivity index is 1.49. The number of nitrogens with zero attached hydrogens (tertiary/aromatic N) is 2. The molecule has 0 fully saturated rings. The topological polar surface area (TPSA) is 25.2 Å². The van der Waals surface area contributed by atoms with E-state index in [0.29, 0.717) is 15.2 Å². The molecular formula is C17H15Cl3N2. The van der Waals surface area contributed by atoms with E-state index in [0.717, 1.165) is 43.5 Å². The predicted octanol–water partition coefficient (Wildman–Crippen LogP) is 6.08. The zero-order chi connectivity index (χ0) is 15.5. The number of unbranched alkanes of at least 4 members (excludes halogenated alkanes) is 1. The highest BCUT2D eigenvalue weighted by atomic mass is 35.5. The molecule has 114 valence electrons. The van der Waals surface area contributed by atoms with Gasteiger partial charge in [-0.25, -0.2) is 4.98 Å². The SMILES string of the molecule is Clc1cc(Cl)cc(CCCCC2=Nc3ccc(Cl)nc3C2)c1. The molecule has 0 aliphatic carbocycles. The van der Waals surface area contributed by atoms with E-state index in [1.165, 1.54) is 11.3 Å². The van der Waals surface area contributed by atoms with Gasteiger partial charge in [0.15, 0.2) is 0 Å². The Morgan fingerprint density at radius 3 is 2.41 bits per heavy atom. The fourth-order valence-electron chi connectivity index (χ4n) is 2.66. The summed E-state index contributed by atoms with van der Waals surface area (Å²) in [7, 11) is 0. The maximum Gasteiger partial charge on any atom is 0.129 e. The van der Waals surface area contributed by atoms with Crippen molar-refractivity contribution in [3.8, 4) is 0 Å². The second kappa shape index (κ2) is 6.99. The Morgan fingerprint density at radius 1 is 0.909 bits per heavy atom. The van der Waals surface area contributed by atoms with Crippen molar-refractivity contribution in [3.05, 3.63) is 56.8 Å². The first kappa shape index (κ1) is 15.8. The van der Waals surface area contributed by atoms with Crippen molar-refractivity contribution >= 4 is 46.2 Å². The summed E-state index contributed by atoms with van der Waals surface area (Å²) in [4.78, 5) is 8.94.